The Hall–Kier alpha value is -2.54. The van der Waals surface area contributed by atoms with Crippen LogP contribution in [-0.4, -0.2) is 62.3 Å². The zero-order valence-corrected chi connectivity index (χ0v) is 18.5. The monoisotopic (exact) mass is 441 g/mol. The molecule has 0 unspecified atom stereocenters. The number of H-pyrrole nitrogens is 1. The molecule has 31 heavy (non-hydrogen) atoms. The lowest BCUT2D eigenvalue weighted by atomic mass is 9.87. The van der Waals surface area contributed by atoms with Gasteiger partial charge in [0.25, 0.3) is 0 Å². The van der Waals surface area contributed by atoms with Gasteiger partial charge in [0.05, 0.1) is 20.3 Å². The molecule has 0 radical (unpaired) electrons. The largest absolute Gasteiger partial charge is 0.496 e. The number of nitrogens with zero attached hydrogens (tertiary/aromatic N) is 1. The minimum absolute atomic E-state index is 0.0144. The Labute approximate surface area is 187 Å². The van der Waals surface area contributed by atoms with E-state index in [1.165, 1.54) is 0 Å². The molecule has 0 aliphatic carbocycles. The molecule has 0 bridgehead atoms. The molecule has 2 aromatic carbocycles. The van der Waals surface area contributed by atoms with Gasteiger partial charge in [0.2, 0.25) is 5.91 Å². The number of halogens is 1. The van der Waals surface area contributed by atoms with Gasteiger partial charge in [0.1, 0.15) is 5.75 Å². The van der Waals surface area contributed by atoms with Crippen molar-refractivity contribution in [3.8, 4) is 5.75 Å². The molecule has 1 atom stereocenters. The summed E-state index contributed by atoms with van der Waals surface area (Å²) in [6, 6.07) is 13.6. The topological polar surface area (TPSA) is 66.6 Å². The van der Waals surface area contributed by atoms with Crippen LogP contribution < -0.4 is 10.1 Å². The second kappa shape index (κ2) is 10.2. The minimum atomic E-state index is -0.160. The number of carbonyl (C=O) groups is 1. The summed E-state index contributed by atoms with van der Waals surface area (Å²) in [5, 5.41) is 4.78. The molecule has 1 aliphatic rings. The number of nitrogens with one attached hydrogen (secondary N) is 2. The Balaban J connectivity index is 1.55. The highest BCUT2D eigenvalue weighted by Crippen LogP contribution is 2.38. The number of ether oxygens (including phenoxy) is 2. The third kappa shape index (κ3) is 5.21. The van der Waals surface area contributed by atoms with E-state index in [-0.39, 0.29) is 11.8 Å². The van der Waals surface area contributed by atoms with Gasteiger partial charge in [-0.25, -0.2) is 0 Å². The molecule has 1 aliphatic heterocycles. The van der Waals surface area contributed by atoms with Crippen LogP contribution in [0.15, 0.2) is 48.7 Å². The molecule has 1 saturated heterocycles. The Morgan fingerprint density at radius 3 is 2.84 bits per heavy atom. The lowest BCUT2D eigenvalue weighted by Gasteiger charge is -2.26. The Morgan fingerprint density at radius 1 is 1.23 bits per heavy atom. The van der Waals surface area contributed by atoms with Crippen molar-refractivity contribution in [3.63, 3.8) is 0 Å². The van der Waals surface area contributed by atoms with Crippen molar-refractivity contribution in [2.75, 3.05) is 46.5 Å². The van der Waals surface area contributed by atoms with Gasteiger partial charge in [-0.15, -0.1) is 0 Å². The first-order valence-electron chi connectivity index (χ1n) is 10.6. The molecule has 2 heterocycles. The van der Waals surface area contributed by atoms with Crippen molar-refractivity contribution in [3.05, 3.63) is 64.8 Å². The average Bonchev–Trinajstić information content (AvgIpc) is 3.21. The predicted molar refractivity (Wildman–Crippen MR) is 123 cm³/mol. The number of hydrogen-bond donors (Lipinski definition) is 2. The van der Waals surface area contributed by atoms with Gasteiger partial charge in [0, 0.05) is 66.2 Å². The van der Waals surface area contributed by atoms with Crippen molar-refractivity contribution < 1.29 is 14.3 Å². The van der Waals surface area contributed by atoms with Gasteiger partial charge in [-0.2, -0.15) is 0 Å². The van der Waals surface area contributed by atoms with Gasteiger partial charge in [0.15, 0.2) is 0 Å². The van der Waals surface area contributed by atoms with Crippen LogP contribution in [0.1, 0.15) is 23.5 Å². The Kier molecular flexibility index (Phi) is 7.12. The number of aromatic amines is 1. The van der Waals surface area contributed by atoms with Crippen LogP contribution in [0.5, 0.6) is 5.75 Å². The fourth-order valence-electron chi connectivity index (χ4n) is 4.18. The number of carbonyl (C=O) groups excluding carboxylic acids is 1. The fraction of sp³-hybridized carbons (Fsp3) is 0.375. The third-order valence-corrected chi connectivity index (χ3v) is 6.04. The van der Waals surface area contributed by atoms with Gasteiger partial charge in [-0.05, 0) is 29.8 Å². The quantitative estimate of drug-likeness (QED) is 0.558. The third-order valence-electron chi connectivity index (χ3n) is 5.81. The van der Waals surface area contributed by atoms with Crippen molar-refractivity contribution in [2.45, 2.75) is 12.3 Å². The summed E-state index contributed by atoms with van der Waals surface area (Å²) in [5.41, 5.74) is 3.01. The van der Waals surface area contributed by atoms with E-state index in [0.717, 1.165) is 60.6 Å². The standard InChI is InChI=1S/C24H28ClN3O3/c1-30-23-5-3-2-4-18(23)19(21-16-27-22-7-6-17(25)14-20(21)22)15-24(29)26-8-9-28-10-12-31-13-11-28/h2-7,14,16,19,27H,8-13,15H2,1H3,(H,26,29)/t19-/m1/s1. The van der Waals surface area contributed by atoms with E-state index in [1.54, 1.807) is 7.11 Å². The molecule has 0 saturated carbocycles. The van der Waals surface area contributed by atoms with Crippen molar-refractivity contribution in [1.29, 1.82) is 0 Å². The summed E-state index contributed by atoms with van der Waals surface area (Å²) < 4.78 is 11.0. The molecule has 4 rings (SSSR count). The molecule has 1 amide bonds. The van der Waals surface area contributed by atoms with Gasteiger partial charge in [-0.3, -0.25) is 9.69 Å². The van der Waals surface area contributed by atoms with Crippen molar-refractivity contribution in [2.24, 2.45) is 0 Å². The molecule has 0 spiro atoms. The first kappa shape index (κ1) is 21.7. The number of hydrogen-bond acceptors (Lipinski definition) is 4. The first-order valence-corrected chi connectivity index (χ1v) is 11.0. The molecule has 1 aromatic heterocycles. The zero-order valence-electron chi connectivity index (χ0n) is 17.7. The van der Waals surface area contributed by atoms with E-state index in [0.29, 0.717) is 18.0 Å². The van der Waals surface area contributed by atoms with Crippen molar-refractivity contribution in [1.82, 2.24) is 15.2 Å². The minimum Gasteiger partial charge on any atom is -0.496 e. The molecule has 6 nitrogen and oxygen atoms in total. The lowest BCUT2D eigenvalue weighted by Crippen LogP contribution is -2.41. The molecule has 7 heteroatoms. The molecule has 2 N–H and O–H groups in total. The maximum atomic E-state index is 12.9. The Bertz CT molecular complexity index is 1030. The van der Waals surface area contributed by atoms with Crippen LogP contribution in [0.25, 0.3) is 10.9 Å². The van der Waals surface area contributed by atoms with Crippen LogP contribution in [-0.2, 0) is 9.53 Å². The Morgan fingerprint density at radius 2 is 2.03 bits per heavy atom. The molecule has 3 aromatic rings. The van der Waals surface area contributed by atoms with Crippen LogP contribution in [0, 0.1) is 0 Å². The second-order valence-electron chi connectivity index (χ2n) is 7.74. The summed E-state index contributed by atoms with van der Waals surface area (Å²) in [6.45, 7) is 4.79. The highest BCUT2D eigenvalue weighted by Gasteiger charge is 2.24. The predicted octanol–water partition coefficient (Wildman–Crippen LogP) is 3.80. The molecule has 1 fully saturated rings. The fourth-order valence-corrected chi connectivity index (χ4v) is 4.35. The number of amides is 1. The number of methoxy groups -OCH3 is 1. The average molecular weight is 442 g/mol. The number of rotatable bonds is 8. The van der Waals surface area contributed by atoms with Gasteiger partial charge in [-0.1, -0.05) is 29.8 Å². The van der Waals surface area contributed by atoms with E-state index in [9.17, 15) is 4.79 Å². The zero-order chi connectivity index (χ0) is 21.6. The van der Waals surface area contributed by atoms with Crippen LogP contribution in [0.3, 0.4) is 0 Å². The number of benzene rings is 2. The summed E-state index contributed by atoms with van der Waals surface area (Å²) >= 11 is 6.27. The number of para-hydroxylation sites is 1. The number of morpholine rings is 1. The van der Waals surface area contributed by atoms with Crippen molar-refractivity contribution >= 4 is 28.4 Å². The van der Waals surface area contributed by atoms with Crippen LogP contribution in [0.2, 0.25) is 5.02 Å². The van der Waals surface area contributed by atoms with E-state index < -0.39 is 0 Å². The van der Waals surface area contributed by atoms with Gasteiger partial charge >= 0.3 is 0 Å². The summed E-state index contributed by atoms with van der Waals surface area (Å²) in [5.74, 6) is 0.622. The SMILES string of the molecule is COc1ccccc1[C@@H](CC(=O)NCCN1CCOCC1)c1c[nH]c2ccc(Cl)cc12. The molecular formula is C24H28ClN3O3. The van der Waals surface area contributed by atoms with E-state index >= 15 is 0 Å². The number of aromatic nitrogens is 1. The summed E-state index contributed by atoms with van der Waals surface area (Å²) in [6.07, 6.45) is 2.29. The smallest absolute Gasteiger partial charge is 0.220 e. The number of fused-ring (bicyclic) bond motifs is 1. The van der Waals surface area contributed by atoms with E-state index in [4.69, 9.17) is 21.1 Å². The maximum absolute atomic E-state index is 12.9. The first-order chi connectivity index (χ1) is 15.2. The highest BCUT2D eigenvalue weighted by atomic mass is 35.5. The normalized spacial score (nSPS) is 15.7. The summed E-state index contributed by atoms with van der Waals surface area (Å²) in [4.78, 5) is 18.6. The molecular weight excluding hydrogens is 414 g/mol. The van der Waals surface area contributed by atoms with Crippen LogP contribution >= 0.6 is 11.6 Å². The lowest BCUT2D eigenvalue weighted by molar-refractivity contribution is -0.121. The maximum Gasteiger partial charge on any atom is 0.220 e. The second-order valence-corrected chi connectivity index (χ2v) is 8.17. The van der Waals surface area contributed by atoms with E-state index in [1.807, 2.05) is 48.7 Å². The highest BCUT2D eigenvalue weighted by molar-refractivity contribution is 6.31. The summed E-state index contributed by atoms with van der Waals surface area (Å²) in [7, 11) is 1.66. The molecule has 164 valence electrons. The van der Waals surface area contributed by atoms with Crippen LogP contribution in [0.4, 0.5) is 0 Å². The van der Waals surface area contributed by atoms with E-state index in [2.05, 4.69) is 15.2 Å². The van der Waals surface area contributed by atoms with Gasteiger partial charge < -0.3 is 19.8 Å².